The normalized spacial score (nSPS) is 14.2. The number of rotatable bonds is 40. The first-order valence-corrected chi connectivity index (χ1v) is 23.2. The molecule has 0 spiro atoms. The first kappa shape index (κ1) is 51.7. The number of unbranched alkanes of at least 4 members (excludes halogenated alkanes) is 20. The van der Waals surface area contributed by atoms with E-state index in [1.54, 1.807) is 0 Å². The van der Waals surface area contributed by atoms with Crippen LogP contribution in [0.25, 0.3) is 0 Å². The van der Waals surface area contributed by atoms with Gasteiger partial charge in [-0.3, -0.25) is 9.36 Å². The fourth-order valence-corrected chi connectivity index (χ4v) is 6.52. The van der Waals surface area contributed by atoms with Crippen molar-refractivity contribution in [3.63, 3.8) is 0 Å². The first-order valence-electron chi connectivity index (χ1n) is 21.7. The monoisotopic (exact) mass is 770 g/mol. The molecule has 1 unspecified atom stereocenters. The number of hydrogen-bond donors (Lipinski definition) is 0. The zero-order valence-corrected chi connectivity index (χ0v) is 36.1. The summed E-state index contributed by atoms with van der Waals surface area (Å²) in [7, 11) is 1.34. The number of phosphoric ester groups is 1. The zero-order valence-electron chi connectivity index (χ0n) is 35.2. The molecular weight excluding hydrogens is 685 g/mol. The highest BCUT2D eigenvalue weighted by molar-refractivity contribution is 7.45. The highest BCUT2D eigenvalue weighted by Crippen LogP contribution is 2.38. The highest BCUT2D eigenvalue weighted by atomic mass is 31.2. The number of carbonyl (C=O) groups is 1. The van der Waals surface area contributed by atoms with Crippen molar-refractivity contribution in [2.45, 2.75) is 187 Å². The molecule has 0 rings (SSSR count). The van der Waals surface area contributed by atoms with Crippen molar-refractivity contribution >= 4 is 13.8 Å². The molecule has 0 amide bonds. The minimum Gasteiger partial charge on any atom is -0.756 e. The number of carbonyl (C=O) groups excluding carboxylic acids is 1. The maximum absolute atomic E-state index is 12.7. The van der Waals surface area contributed by atoms with Gasteiger partial charge in [-0.15, -0.1) is 0 Å². The van der Waals surface area contributed by atoms with E-state index in [0.29, 0.717) is 17.6 Å². The van der Waals surface area contributed by atoms with Crippen LogP contribution < -0.4 is 4.89 Å². The predicted octanol–water partition coefficient (Wildman–Crippen LogP) is 12.0. The van der Waals surface area contributed by atoms with E-state index in [9.17, 15) is 14.3 Å². The Labute approximate surface area is 327 Å². The van der Waals surface area contributed by atoms with Crippen molar-refractivity contribution in [2.75, 3.05) is 54.1 Å². The topological polar surface area (TPSA) is 94.1 Å². The largest absolute Gasteiger partial charge is 0.756 e. The molecule has 0 aliphatic rings. The Morgan fingerprint density at radius 2 is 1.04 bits per heavy atom. The van der Waals surface area contributed by atoms with E-state index in [1.165, 1.54) is 103 Å². The number of esters is 1. The second-order valence-corrected chi connectivity index (χ2v) is 17.1. The Morgan fingerprint density at radius 3 is 1.58 bits per heavy atom. The summed E-state index contributed by atoms with van der Waals surface area (Å²) in [6.07, 6.45) is 42.9. The maximum atomic E-state index is 12.7. The summed E-state index contributed by atoms with van der Waals surface area (Å²) in [5, 5.41) is 0. The summed E-state index contributed by atoms with van der Waals surface area (Å²) in [6.45, 7) is 5.37. The molecule has 9 heteroatoms. The molecule has 2 atom stereocenters. The van der Waals surface area contributed by atoms with E-state index in [1.807, 2.05) is 21.1 Å². The Balaban J connectivity index is 4.29. The van der Waals surface area contributed by atoms with Crippen LogP contribution in [0.4, 0.5) is 0 Å². The molecule has 0 saturated carbocycles. The number of phosphoric acid groups is 1. The van der Waals surface area contributed by atoms with Gasteiger partial charge in [-0.1, -0.05) is 159 Å². The summed E-state index contributed by atoms with van der Waals surface area (Å²) < 4.78 is 34.5. The van der Waals surface area contributed by atoms with Crippen LogP contribution in [-0.2, 0) is 27.9 Å². The van der Waals surface area contributed by atoms with Crippen LogP contribution in [0.15, 0.2) is 36.5 Å². The first-order chi connectivity index (χ1) is 25.6. The summed E-state index contributed by atoms with van der Waals surface area (Å²) in [4.78, 5) is 25.0. The second kappa shape index (κ2) is 37.6. The molecule has 0 aromatic heterocycles. The number of allylic oxidation sites excluding steroid dienone is 6. The Bertz CT molecular complexity index is 947. The van der Waals surface area contributed by atoms with Gasteiger partial charge in [0.05, 0.1) is 34.4 Å². The van der Waals surface area contributed by atoms with E-state index in [0.717, 1.165) is 57.8 Å². The zero-order chi connectivity index (χ0) is 39.1. The van der Waals surface area contributed by atoms with Gasteiger partial charge in [0, 0.05) is 13.0 Å². The van der Waals surface area contributed by atoms with Gasteiger partial charge in [-0.2, -0.15) is 0 Å². The molecule has 0 heterocycles. The molecule has 0 aromatic rings. The molecule has 0 bridgehead atoms. The average molecular weight is 770 g/mol. The lowest BCUT2D eigenvalue weighted by molar-refractivity contribution is -0.870. The number of hydrogen-bond acceptors (Lipinski definition) is 7. The minimum atomic E-state index is -4.53. The molecule has 0 aromatic carbocycles. The van der Waals surface area contributed by atoms with Crippen LogP contribution in [0.1, 0.15) is 181 Å². The van der Waals surface area contributed by atoms with E-state index in [4.69, 9.17) is 18.5 Å². The molecule has 8 nitrogen and oxygen atoms in total. The summed E-state index contributed by atoms with van der Waals surface area (Å²) >= 11 is 0. The van der Waals surface area contributed by atoms with Gasteiger partial charge >= 0.3 is 5.97 Å². The Hall–Kier alpha value is -1.28. The van der Waals surface area contributed by atoms with Crippen molar-refractivity contribution < 1.29 is 37.3 Å². The second-order valence-electron chi connectivity index (χ2n) is 15.7. The third kappa shape index (κ3) is 41.7. The van der Waals surface area contributed by atoms with Crippen molar-refractivity contribution in [3.05, 3.63) is 36.5 Å². The van der Waals surface area contributed by atoms with Gasteiger partial charge in [0.25, 0.3) is 7.82 Å². The van der Waals surface area contributed by atoms with Gasteiger partial charge < -0.3 is 27.9 Å². The maximum Gasteiger partial charge on any atom is 0.306 e. The lowest BCUT2D eigenvalue weighted by Crippen LogP contribution is -2.37. The van der Waals surface area contributed by atoms with Crippen molar-refractivity contribution in [1.82, 2.24) is 0 Å². The van der Waals surface area contributed by atoms with Crippen LogP contribution in [0, 0.1) is 0 Å². The molecule has 0 aliphatic carbocycles. The molecule has 0 saturated heterocycles. The summed E-state index contributed by atoms with van der Waals surface area (Å²) in [6, 6.07) is 0. The highest BCUT2D eigenvalue weighted by Gasteiger charge is 2.20. The third-order valence-electron chi connectivity index (χ3n) is 9.19. The molecule has 0 N–H and O–H groups in total. The van der Waals surface area contributed by atoms with Gasteiger partial charge in [0.2, 0.25) is 0 Å². The SMILES string of the molecule is CCCCCC=CCC=CCC=CCCCCCCC(=O)O[C@H](COCCCCCCCCCCCCCCCC)COP(=O)([O-])OCC[N+](C)(C)C. The average Bonchev–Trinajstić information content (AvgIpc) is 3.11. The smallest absolute Gasteiger partial charge is 0.306 e. The molecule has 0 aliphatic heterocycles. The van der Waals surface area contributed by atoms with E-state index >= 15 is 0 Å². The van der Waals surface area contributed by atoms with Crippen LogP contribution in [0.5, 0.6) is 0 Å². The quantitative estimate of drug-likeness (QED) is 0.0201. The van der Waals surface area contributed by atoms with Crippen LogP contribution in [0.3, 0.4) is 0 Å². The lowest BCUT2D eigenvalue weighted by atomic mass is 10.0. The van der Waals surface area contributed by atoms with Crippen LogP contribution in [0.2, 0.25) is 0 Å². The number of ether oxygens (including phenoxy) is 2. The fraction of sp³-hybridized carbons (Fsp3) is 0.841. The fourth-order valence-electron chi connectivity index (χ4n) is 5.79. The van der Waals surface area contributed by atoms with Crippen molar-refractivity contribution in [1.29, 1.82) is 0 Å². The molecule has 0 radical (unpaired) electrons. The lowest BCUT2D eigenvalue weighted by Gasteiger charge is -2.28. The third-order valence-corrected chi connectivity index (χ3v) is 10.2. The van der Waals surface area contributed by atoms with Crippen LogP contribution in [-0.4, -0.2) is 70.7 Å². The molecule has 0 fully saturated rings. The number of nitrogens with zero attached hydrogens (tertiary/aromatic N) is 1. The molecular formula is C44H84NO7P. The molecule has 312 valence electrons. The Morgan fingerprint density at radius 1 is 0.585 bits per heavy atom. The van der Waals surface area contributed by atoms with Crippen molar-refractivity contribution in [3.8, 4) is 0 Å². The van der Waals surface area contributed by atoms with Gasteiger partial charge in [-0.05, 0) is 51.4 Å². The van der Waals surface area contributed by atoms with Gasteiger partial charge in [0.1, 0.15) is 19.3 Å². The van der Waals surface area contributed by atoms with Crippen LogP contribution >= 0.6 is 7.82 Å². The number of likely N-dealkylation sites (N-methyl/N-ethyl adjacent to an activating group) is 1. The predicted molar refractivity (Wildman–Crippen MR) is 222 cm³/mol. The standard InChI is InChI=1S/C44H84NO7P/c1-6-8-10-12-14-16-18-20-22-23-24-25-27-29-31-33-35-37-44(46)52-43(42-51-53(47,48)50-40-38-45(3,4)5)41-49-39-36-34-32-30-28-26-21-19-17-15-13-11-9-7-2/h14,16,20,22,24-25,43H,6-13,15,17-19,21,23,26-42H2,1-5H3/t43-/m1/s1. The van der Waals surface area contributed by atoms with E-state index < -0.39 is 13.9 Å². The summed E-state index contributed by atoms with van der Waals surface area (Å²) in [5.41, 5.74) is 0. The molecule has 53 heavy (non-hydrogen) atoms. The van der Waals surface area contributed by atoms with E-state index in [-0.39, 0.29) is 32.2 Å². The van der Waals surface area contributed by atoms with Crippen molar-refractivity contribution in [2.24, 2.45) is 0 Å². The summed E-state index contributed by atoms with van der Waals surface area (Å²) in [5.74, 6) is -0.354. The van der Waals surface area contributed by atoms with E-state index in [2.05, 4.69) is 50.3 Å². The van der Waals surface area contributed by atoms with Gasteiger partial charge in [0.15, 0.2) is 0 Å². The van der Waals surface area contributed by atoms with Gasteiger partial charge in [-0.25, -0.2) is 0 Å². The minimum absolute atomic E-state index is 0.0221. The number of quaternary nitrogens is 1. The Kier molecular flexibility index (Phi) is 36.7.